The van der Waals surface area contributed by atoms with Crippen LogP contribution in [0.3, 0.4) is 0 Å². The van der Waals surface area contributed by atoms with E-state index in [-0.39, 0.29) is 44.5 Å². The Labute approximate surface area is 129 Å². The number of carbonyl (C=O) groups excluding carboxylic acids is 1. The molecular formula is C11H20N4OY-2. The standard InChI is InChI=1S/C9H16N4O.C2H5.Y/c1-6(9(14)10-4)5-13-8(3)7(2)11-12-13;1-2;/h6H,5H2,1-4H3,(H,10,14);1H2,2H3;/q;-1;/p-1. The van der Waals surface area contributed by atoms with Crippen molar-refractivity contribution in [3.8, 4) is 0 Å². The van der Waals surface area contributed by atoms with Gasteiger partial charge in [-0.25, -0.2) is 4.68 Å². The Kier molecular flexibility index (Phi) is 10.9. The molecule has 0 saturated carbocycles. The second-order valence-electron chi connectivity index (χ2n) is 3.41. The third-order valence-corrected chi connectivity index (χ3v) is 2.30. The Bertz CT molecular complexity index is 338. The summed E-state index contributed by atoms with van der Waals surface area (Å²) < 4.78 is 1.74. The fourth-order valence-corrected chi connectivity index (χ4v) is 1.18. The van der Waals surface area contributed by atoms with Crippen LogP contribution in [0.5, 0.6) is 0 Å². The molecule has 1 aromatic rings. The summed E-state index contributed by atoms with van der Waals surface area (Å²) in [5, 5.41) is 11.5. The van der Waals surface area contributed by atoms with Gasteiger partial charge in [-0.3, -0.25) is 0 Å². The summed E-state index contributed by atoms with van der Waals surface area (Å²) in [5.74, 6) is -0.239. The summed E-state index contributed by atoms with van der Waals surface area (Å²) in [6, 6.07) is 0. The first-order chi connectivity index (χ1) is 7.56. The molecule has 1 heterocycles. The summed E-state index contributed by atoms with van der Waals surface area (Å²) in [6.45, 7) is 11.2. The first-order valence-electron chi connectivity index (χ1n) is 5.27. The monoisotopic (exact) mass is 313 g/mol. The van der Waals surface area contributed by atoms with Crippen LogP contribution >= 0.6 is 0 Å². The molecule has 0 spiro atoms. The average molecular weight is 313 g/mol. The molecule has 1 rings (SSSR count). The Morgan fingerprint density at radius 1 is 1.47 bits per heavy atom. The molecule has 0 fully saturated rings. The van der Waals surface area contributed by atoms with Crippen LogP contribution in [0.25, 0.3) is 5.32 Å². The number of aromatic nitrogens is 3. The van der Waals surface area contributed by atoms with Crippen molar-refractivity contribution in [2.75, 3.05) is 7.05 Å². The van der Waals surface area contributed by atoms with Gasteiger partial charge < -0.3 is 17.0 Å². The second kappa shape index (κ2) is 9.71. The van der Waals surface area contributed by atoms with Crippen molar-refractivity contribution in [1.29, 1.82) is 0 Å². The maximum Gasteiger partial charge on any atom is 0.0825 e. The molecule has 0 saturated heterocycles. The van der Waals surface area contributed by atoms with Crippen LogP contribution in [0.2, 0.25) is 0 Å². The van der Waals surface area contributed by atoms with Crippen LogP contribution in [0.1, 0.15) is 25.2 Å². The van der Waals surface area contributed by atoms with Crippen LogP contribution < -0.4 is 0 Å². The zero-order valence-corrected chi connectivity index (χ0v) is 14.1. The van der Waals surface area contributed by atoms with E-state index in [0.29, 0.717) is 6.54 Å². The van der Waals surface area contributed by atoms with E-state index in [0.717, 1.165) is 11.4 Å². The third kappa shape index (κ3) is 5.73. The summed E-state index contributed by atoms with van der Waals surface area (Å²) in [5.41, 5.74) is 1.90. The molecule has 1 amide bonds. The number of rotatable bonds is 3. The number of aryl methyl sites for hydroxylation is 1. The Morgan fingerprint density at radius 2 is 2.00 bits per heavy atom. The zero-order chi connectivity index (χ0) is 12.7. The number of carbonyl (C=O) groups is 1. The first-order valence-corrected chi connectivity index (χ1v) is 5.27. The van der Waals surface area contributed by atoms with Crippen molar-refractivity contribution in [3.63, 3.8) is 0 Å². The molecule has 1 atom stereocenters. The van der Waals surface area contributed by atoms with E-state index >= 15 is 0 Å². The maximum absolute atomic E-state index is 11.2. The molecule has 0 aliphatic carbocycles. The predicted octanol–water partition coefficient (Wildman–Crippen LogP) is 1.90. The normalized spacial score (nSPS) is 10.7. The molecular weight excluding hydrogens is 293 g/mol. The van der Waals surface area contributed by atoms with Gasteiger partial charge in [0.05, 0.1) is 23.8 Å². The molecule has 0 bridgehead atoms. The van der Waals surface area contributed by atoms with Crippen molar-refractivity contribution in [2.24, 2.45) is 5.92 Å². The smallest absolute Gasteiger partial charge is 0.0825 e. The summed E-state index contributed by atoms with van der Waals surface area (Å²) in [6.07, 6.45) is 0. The number of hydrogen-bond donors (Lipinski definition) is 0. The number of nitrogens with zero attached hydrogens (tertiary/aromatic N) is 4. The number of amides is 1. The number of hydrogen-bond acceptors (Lipinski definition) is 3. The molecule has 95 valence electrons. The minimum Gasteiger partial charge on any atom is -0.656 e. The minimum absolute atomic E-state index is 0. The van der Waals surface area contributed by atoms with E-state index in [1.165, 1.54) is 7.05 Å². The topological polar surface area (TPSA) is 61.9 Å². The van der Waals surface area contributed by atoms with Gasteiger partial charge in [-0.15, -0.1) is 12.1 Å². The Morgan fingerprint density at radius 3 is 2.35 bits per heavy atom. The SMILES string of the molecule is C[N-]C(=O)C(C)Cn1nnc(C)c1C.[CH2-]C.[Y]. The van der Waals surface area contributed by atoms with Gasteiger partial charge >= 0.3 is 0 Å². The van der Waals surface area contributed by atoms with E-state index in [1.54, 1.807) is 11.6 Å². The average Bonchev–Trinajstić information content (AvgIpc) is 2.62. The van der Waals surface area contributed by atoms with Crippen LogP contribution in [-0.2, 0) is 44.0 Å². The van der Waals surface area contributed by atoms with Gasteiger partial charge in [0.1, 0.15) is 0 Å². The molecule has 1 radical (unpaired) electrons. The van der Waals surface area contributed by atoms with Crippen LogP contribution in [0.15, 0.2) is 0 Å². The van der Waals surface area contributed by atoms with E-state index in [1.807, 2.05) is 20.8 Å². The molecule has 5 nitrogen and oxygen atoms in total. The molecule has 1 unspecified atom stereocenters. The van der Waals surface area contributed by atoms with Crippen LogP contribution in [0.4, 0.5) is 0 Å². The molecule has 17 heavy (non-hydrogen) atoms. The van der Waals surface area contributed by atoms with E-state index < -0.39 is 0 Å². The van der Waals surface area contributed by atoms with Crippen molar-refractivity contribution < 1.29 is 37.5 Å². The fourth-order valence-electron chi connectivity index (χ4n) is 1.18. The molecule has 6 heteroatoms. The largest absolute Gasteiger partial charge is 0.656 e. The minimum atomic E-state index is -0.139. The van der Waals surface area contributed by atoms with Crippen molar-refractivity contribution in [1.82, 2.24) is 15.0 Å². The first kappa shape index (κ1) is 19.1. The fraction of sp³-hybridized carbons (Fsp3) is 0.636. The van der Waals surface area contributed by atoms with Crippen LogP contribution in [-0.4, -0.2) is 27.9 Å². The van der Waals surface area contributed by atoms with E-state index in [9.17, 15) is 4.79 Å². The van der Waals surface area contributed by atoms with Gasteiger partial charge in [0.2, 0.25) is 0 Å². The maximum atomic E-state index is 11.2. The van der Waals surface area contributed by atoms with E-state index in [2.05, 4.69) is 22.6 Å². The van der Waals surface area contributed by atoms with Crippen LogP contribution in [0, 0.1) is 26.7 Å². The van der Waals surface area contributed by atoms with Gasteiger partial charge in [0.25, 0.3) is 0 Å². The predicted molar refractivity (Wildman–Crippen MR) is 64.0 cm³/mol. The zero-order valence-electron chi connectivity index (χ0n) is 11.3. The summed E-state index contributed by atoms with van der Waals surface area (Å²) >= 11 is 0. The molecule has 0 N–H and O–H groups in total. The molecule has 0 aliphatic rings. The van der Waals surface area contributed by atoms with Gasteiger partial charge in [-0.2, -0.15) is 6.92 Å². The molecule has 1 aromatic heterocycles. The summed E-state index contributed by atoms with van der Waals surface area (Å²) in [4.78, 5) is 11.2. The van der Waals surface area contributed by atoms with Gasteiger partial charge in [-0.05, 0) is 13.8 Å². The van der Waals surface area contributed by atoms with Gasteiger partial charge in [-0.1, -0.05) is 12.1 Å². The van der Waals surface area contributed by atoms with Crippen molar-refractivity contribution in [3.05, 3.63) is 23.6 Å². The van der Waals surface area contributed by atoms with Crippen molar-refractivity contribution >= 4 is 5.91 Å². The van der Waals surface area contributed by atoms with E-state index in [4.69, 9.17) is 0 Å². The Hall–Kier alpha value is -0.286. The molecule has 0 aromatic carbocycles. The molecule has 0 aliphatic heterocycles. The van der Waals surface area contributed by atoms with Gasteiger partial charge in [0, 0.05) is 38.6 Å². The quantitative estimate of drug-likeness (QED) is 0.801. The van der Waals surface area contributed by atoms with Crippen molar-refractivity contribution in [2.45, 2.75) is 34.2 Å². The third-order valence-electron chi connectivity index (χ3n) is 2.30. The Balaban J connectivity index is 0. The second-order valence-corrected chi connectivity index (χ2v) is 3.41. The summed E-state index contributed by atoms with van der Waals surface area (Å²) in [7, 11) is 1.51. The van der Waals surface area contributed by atoms with Gasteiger partial charge in [0.15, 0.2) is 0 Å².